The molecular formula is C28H26N6O5S. The summed E-state index contributed by atoms with van der Waals surface area (Å²) < 4.78 is 7.12. The van der Waals surface area contributed by atoms with Gasteiger partial charge in [0.1, 0.15) is 0 Å². The van der Waals surface area contributed by atoms with Crippen LogP contribution in [0.25, 0.3) is 21.7 Å². The predicted octanol–water partition coefficient (Wildman–Crippen LogP) is 3.72. The third-order valence-corrected chi connectivity index (χ3v) is 7.22. The molecule has 0 aliphatic rings. The van der Waals surface area contributed by atoms with E-state index in [9.17, 15) is 19.5 Å². The van der Waals surface area contributed by atoms with Crippen molar-refractivity contribution >= 4 is 51.6 Å². The molecule has 0 fully saturated rings. The zero-order valence-electron chi connectivity index (χ0n) is 21.7. The number of carbonyl (C=O) groups excluding carboxylic acids is 3. The summed E-state index contributed by atoms with van der Waals surface area (Å²) in [5.74, 6) is 0.200. The summed E-state index contributed by atoms with van der Waals surface area (Å²) in [6.07, 6.45) is 0.226. The first-order valence-electron chi connectivity index (χ1n) is 12.4. The maximum Gasteiger partial charge on any atom is 0.268 e. The second-order valence-electron chi connectivity index (χ2n) is 8.88. The van der Waals surface area contributed by atoms with Crippen LogP contribution in [0.3, 0.4) is 0 Å². The minimum absolute atomic E-state index is 0.0660. The van der Waals surface area contributed by atoms with Gasteiger partial charge in [0.25, 0.3) is 5.91 Å². The van der Waals surface area contributed by atoms with E-state index in [0.29, 0.717) is 38.8 Å². The van der Waals surface area contributed by atoms with Gasteiger partial charge in [-0.25, -0.2) is 9.97 Å². The molecule has 0 radical (unpaired) electrons. The SMILES string of the molecule is CNC(=O)C(O)Cn1c(NC(=O)c2ccc(-c3cnc(C)o3)s2)nc2cc(NCC(=O)c3ccccc3)ccc21. The number of nitrogens with zero attached hydrogens (tertiary/aromatic N) is 3. The Morgan fingerprint density at radius 3 is 2.62 bits per heavy atom. The van der Waals surface area contributed by atoms with E-state index >= 15 is 0 Å². The van der Waals surface area contributed by atoms with Crippen LogP contribution in [-0.2, 0) is 11.3 Å². The smallest absolute Gasteiger partial charge is 0.268 e. The number of benzene rings is 2. The van der Waals surface area contributed by atoms with E-state index in [1.165, 1.54) is 18.4 Å². The summed E-state index contributed by atoms with van der Waals surface area (Å²) in [7, 11) is 1.43. The van der Waals surface area contributed by atoms with Crippen LogP contribution in [-0.4, -0.2) is 56.9 Å². The average molecular weight is 559 g/mol. The highest BCUT2D eigenvalue weighted by Gasteiger charge is 2.22. The van der Waals surface area contributed by atoms with Crippen LogP contribution in [0.4, 0.5) is 11.6 Å². The molecule has 1 unspecified atom stereocenters. The fraction of sp³-hybridized carbons (Fsp3) is 0.179. The Balaban J connectivity index is 1.40. The second-order valence-corrected chi connectivity index (χ2v) is 9.97. The van der Waals surface area contributed by atoms with E-state index in [1.54, 1.807) is 72.3 Å². The third kappa shape index (κ3) is 5.77. The Hall–Kier alpha value is -4.81. The van der Waals surface area contributed by atoms with Crippen molar-refractivity contribution in [2.45, 2.75) is 19.6 Å². The fourth-order valence-electron chi connectivity index (χ4n) is 4.08. The number of aliphatic hydroxyl groups is 1. The second kappa shape index (κ2) is 11.5. The number of ketones is 1. The minimum atomic E-state index is -1.37. The number of imidazole rings is 1. The Bertz CT molecular complexity index is 1690. The van der Waals surface area contributed by atoms with E-state index in [1.807, 2.05) is 6.07 Å². The molecular weight excluding hydrogens is 532 g/mol. The van der Waals surface area contributed by atoms with Crippen molar-refractivity contribution in [3.05, 3.63) is 83.2 Å². The highest BCUT2D eigenvalue weighted by Crippen LogP contribution is 2.30. The van der Waals surface area contributed by atoms with Crippen molar-refractivity contribution < 1.29 is 23.9 Å². The van der Waals surface area contributed by atoms with Crippen LogP contribution in [0.5, 0.6) is 0 Å². The van der Waals surface area contributed by atoms with Gasteiger partial charge in [0, 0.05) is 25.2 Å². The van der Waals surface area contributed by atoms with Crippen molar-refractivity contribution in [3.8, 4) is 10.6 Å². The molecule has 3 heterocycles. The first kappa shape index (κ1) is 26.8. The molecule has 0 saturated carbocycles. The van der Waals surface area contributed by atoms with Gasteiger partial charge in [0.15, 0.2) is 23.5 Å². The number of aromatic nitrogens is 3. The summed E-state index contributed by atoms with van der Waals surface area (Å²) in [5, 5.41) is 18.7. The van der Waals surface area contributed by atoms with Crippen LogP contribution in [0.1, 0.15) is 25.9 Å². The van der Waals surface area contributed by atoms with Gasteiger partial charge in [-0.05, 0) is 30.3 Å². The lowest BCUT2D eigenvalue weighted by Gasteiger charge is -2.14. The number of oxazole rings is 1. The molecule has 0 saturated heterocycles. The highest BCUT2D eigenvalue weighted by atomic mass is 32.1. The molecule has 0 aliphatic carbocycles. The fourth-order valence-corrected chi connectivity index (χ4v) is 4.93. The standard InChI is InChI=1S/C28H26N6O5S/c1-16-30-14-23(39-16)24-10-11-25(40-24)27(38)33-28-32-19-12-18(31-13-21(35)17-6-4-3-5-7-17)8-9-20(19)34(28)15-22(36)26(37)29-2/h3-12,14,22,31,36H,13,15H2,1-2H3,(H,29,37)(H,32,33,38). The van der Waals surface area contributed by atoms with Crippen molar-refractivity contribution in [2.24, 2.45) is 0 Å². The summed E-state index contributed by atoms with van der Waals surface area (Å²) in [6, 6.07) is 17.7. The molecule has 0 aliphatic heterocycles. The van der Waals surface area contributed by atoms with Gasteiger partial charge >= 0.3 is 0 Å². The third-order valence-electron chi connectivity index (χ3n) is 6.12. The van der Waals surface area contributed by atoms with Crippen molar-refractivity contribution in [2.75, 3.05) is 24.2 Å². The number of aryl methyl sites for hydroxylation is 1. The molecule has 2 amide bonds. The molecule has 5 rings (SSSR count). The molecule has 40 heavy (non-hydrogen) atoms. The van der Waals surface area contributed by atoms with E-state index in [2.05, 4.69) is 25.9 Å². The molecule has 204 valence electrons. The molecule has 1 atom stereocenters. The molecule has 11 nitrogen and oxygen atoms in total. The number of rotatable bonds is 10. The van der Waals surface area contributed by atoms with Crippen LogP contribution in [0.15, 0.2) is 71.3 Å². The maximum atomic E-state index is 13.2. The Labute approximate surface area is 232 Å². The summed E-state index contributed by atoms with van der Waals surface area (Å²) >= 11 is 1.23. The molecule has 0 spiro atoms. The lowest BCUT2D eigenvalue weighted by Crippen LogP contribution is -2.35. The number of carbonyl (C=O) groups is 3. The van der Waals surface area contributed by atoms with Gasteiger partial charge < -0.3 is 24.7 Å². The molecule has 4 N–H and O–H groups in total. The number of hydrogen-bond donors (Lipinski definition) is 4. The first-order valence-corrected chi connectivity index (χ1v) is 13.2. The highest BCUT2D eigenvalue weighted by molar-refractivity contribution is 7.17. The van der Waals surface area contributed by atoms with Gasteiger partial charge in [-0.1, -0.05) is 30.3 Å². The Kier molecular flexibility index (Phi) is 7.71. The zero-order valence-corrected chi connectivity index (χ0v) is 22.5. The lowest BCUT2D eigenvalue weighted by atomic mass is 10.1. The number of fused-ring (bicyclic) bond motifs is 1. The van der Waals surface area contributed by atoms with Crippen LogP contribution >= 0.6 is 11.3 Å². The van der Waals surface area contributed by atoms with Gasteiger partial charge in [-0.15, -0.1) is 11.3 Å². The van der Waals surface area contributed by atoms with E-state index in [-0.39, 0.29) is 24.8 Å². The predicted molar refractivity (Wildman–Crippen MR) is 152 cm³/mol. The number of likely N-dealkylation sites (N-methyl/N-ethyl adjacent to an activating group) is 1. The molecule has 12 heteroatoms. The van der Waals surface area contributed by atoms with E-state index < -0.39 is 17.9 Å². The van der Waals surface area contributed by atoms with Gasteiger partial charge in [0.05, 0.1) is 40.1 Å². The lowest BCUT2D eigenvalue weighted by molar-refractivity contribution is -0.129. The molecule has 5 aromatic rings. The Morgan fingerprint density at radius 2 is 1.90 bits per heavy atom. The summed E-state index contributed by atoms with van der Waals surface area (Å²) in [4.78, 5) is 47.5. The summed E-state index contributed by atoms with van der Waals surface area (Å²) in [5.41, 5.74) is 2.34. The van der Waals surface area contributed by atoms with Gasteiger partial charge in [-0.3, -0.25) is 19.7 Å². The number of Topliss-reactive ketones (excluding diaryl/α,β-unsaturated/α-hetero) is 1. The molecule has 2 aromatic carbocycles. The number of anilines is 2. The largest absolute Gasteiger partial charge is 0.440 e. The number of aliphatic hydroxyl groups excluding tert-OH is 1. The van der Waals surface area contributed by atoms with Crippen molar-refractivity contribution in [1.29, 1.82) is 0 Å². The van der Waals surface area contributed by atoms with Crippen molar-refractivity contribution in [1.82, 2.24) is 19.9 Å². The van der Waals surface area contributed by atoms with Gasteiger partial charge in [-0.2, -0.15) is 0 Å². The summed E-state index contributed by atoms with van der Waals surface area (Å²) in [6.45, 7) is 1.68. The molecule has 0 bridgehead atoms. The van der Waals surface area contributed by atoms with Crippen LogP contribution in [0.2, 0.25) is 0 Å². The number of hydrogen-bond acceptors (Lipinski definition) is 9. The van der Waals surface area contributed by atoms with Gasteiger partial charge in [0.2, 0.25) is 11.9 Å². The van der Waals surface area contributed by atoms with E-state index in [0.717, 1.165) is 4.88 Å². The van der Waals surface area contributed by atoms with Crippen LogP contribution < -0.4 is 16.0 Å². The molecule has 3 aromatic heterocycles. The normalized spacial score (nSPS) is 11.8. The first-order chi connectivity index (χ1) is 19.3. The maximum absolute atomic E-state index is 13.2. The topological polar surface area (TPSA) is 151 Å². The van der Waals surface area contributed by atoms with E-state index in [4.69, 9.17) is 4.42 Å². The van der Waals surface area contributed by atoms with Crippen LogP contribution in [0, 0.1) is 6.92 Å². The monoisotopic (exact) mass is 558 g/mol. The number of nitrogens with one attached hydrogen (secondary N) is 3. The van der Waals surface area contributed by atoms with Crippen molar-refractivity contribution in [3.63, 3.8) is 0 Å². The quantitative estimate of drug-likeness (QED) is 0.189. The number of amides is 2. The zero-order chi connectivity index (χ0) is 28.2. The number of thiophene rings is 1. The minimum Gasteiger partial charge on any atom is -0.440 e. The Morgan fingerprint density at radius 1 is 1.10 bits per heavy atom. The average Bonchev–Trinajstić information content (AvgIpc) is 3.70.